The van der Waals surface area contributed by atoms with E-state index in [2.05, 4.69) is 43.5 Å². The maximum absolute atomic E-state index is 5.34. The molecule has 0 aliphatic carbocycles. The van der Waals surface area contributed by atoms with E-state index in [4.69, 9.17) is 4.52 Å². The molecule has 1 N–H and O–H groups in total. The average molecular weight is 322 g/mol. The topological polar surface area (TPSA) is 51.0 Å². The molecule has 2 heterocycles. The van der Waals surface area contributed by atoms with Crippen LogP contribution in [0.4, 0.5) is 0 Å². The van der Waals surface area contributed by atoms with Crippen molar-refractivity contribution in [1.29, 1.82) is 0 Å². The Morgan fingerprint density at radius 1 is 1.26 bits per heavy atom. The SMILES string of the molecule is Brc1ccc(Cc2nc(C3CCCCN3)no2)cc1. The molecule has 0 amide bonds. The molecule has 3 rings (SSSR count). The van der Waals surface area contributed by atoms with Crippen LogP contribution in [-0.2, 0) is 6.42 Å². The fourth-order valence-corrected chi connectivity index (χ4v) is 2.59. The zero-order valence-corrected chi connectivity index (χ0v) is 12.2. The minimum absolute atomic E-state index is 0.260. The molecule has 4 nitrogen and oxygen atoms in total. The van der Waals surface area contributed by atoms with Crippen LogP contribution < -0.4 is 5.32 Å². The van der Waals surface area contributed by atoms with Gasteiger partial charge in [-0.2, -0.15) is 4.98 Å². The average Bonchev–Trinajstić information content (AvgIpc) is 2.91. The van der Waals surface area contributed by atoms with Crippen LogP contribution in [0.15, 0.2) is 33.3 Å². The first-order valence-electron chi connectivity index (χ1n) is 6.61. The summed E-state index contributed by atoms with van der Waals surface area (Å²) in [5, 5.41) is 7.52. The van der Waals surface area contributed by atoms with Gasteiger partial charge in [-0.25, -0.2) is 0 Å². The summed E-state index contributed by atoms with van der Waals surface area (Å²) in [6.07, 6.45) is 4.25. The van der Waals surface area contributed by atoms with Crippen LogP contribution >= 0.6 is 15.9 Å². The molecule has 0 radical (unpaired) electrons. The standard InChI is InChI=1S/C14H16BrN3O/c15-11-6-4-10(5-7-11)9-13-17-14(18-19-13)12-3-1-2-8-16-12/h4-7,12,16H,1-3,8-9H2. The summed E-state index contributed by atoms with van der Waals surface area (Å²) < 4.78 is 6.42. The Morgan fingerprint density at radius 2 is 2.11 bits per heavy atom. The van der Waals surface area contributed by atoms with Crippen molar-refractivity contribution in [1.82, 2.24) is 15.5 Å². The van der Waals surface area contributed by atoms with Gasteiger partial charge in [-0.1, -0.05) is 39.6 Å². The monoisotopic (exact) mass is 321 g/mol. The van der Waals surface area contributed by atoms with E-state index in [0.29, 0.717) is 12.3 Å². The summed E-state index contributed by atoms with van der Waals surface area (Å²) in [5.74, 6) is 1.48. The Kier molecular flexibility index (Phi) is 3.94. The molecule has 0 saturated carbocycles. The molecule has 1 saturated heterocycles. The quantitative estimate of drug-likeness (QED) is 0.942. The first-order chi connectivity index (χ1) is 9.31. The fraction of sp³-hybridized carbons (Fsp3) is 0.429. The van der Waals surface area contributed by atoms with Crippen LogP contribution in [0.1, 0.15) is 42.6 Å². The predicted molar refractivity (Wildman–Crippen MR) is 75.8 cm³/mol. The molecule has 1 aliphatic heterocycles. The van der Waals surface area contributed by atoms with Crippen molar-refractivity contribution in [2.75, 3.05) is 6.54 Å². The highest BCUT2D eigenvalue weighted by Crippen LogP contribution is 2.21. The van der Waals surface area contributed by atoms with Crippen molar-refractivity contribution < 1.29 is 4.52 Å². The number of aromatic nitrogens is 2. The molecule has 1 aromatic carbocycles. The Balaban J connectivity index is 1.68. The van der Waals surface area contributed by atoms with Crippen LogP contribution in [0, 0.1) is 0 Å². The maximum Gasteiger partial charge on any atom is 0.231 e. The highest BCUT2D eigenvalue weighted by molar-refractivity contribution is 9.10. The van der Waals surface area contributed by atoms with Gasteiger partial charge in [-0.05, 0) is 37.1 Å². The minimum Gasteiger partial charge on any atom is -0.339 e. The van der Waals surface area contributed by atoms with Crippen molar-refractivity contribution in [3.05, 3.63) is 46.0 Å². The van der Waals surface area contributed by atoms with Crippen LogP contribution in [0.25, 0.3) is 0 Å². The molecule has 0 bridgehead atoms. The number of nitrogens with zero attached hydrogens (tertiary/aromatic N) is 2. The number of benzene rings is 1. The van der Waals surface area contributed by atoms with Gasteiger partial charge in [0, 0.05) is 4.47 Å². The van der Waals surface area contributed by atoms with Crippen molar-refractivity contribution in [3.8, 4) is 0 Å². The first-order valence-corrected chi connectivity index (χ1v) is 7.41. The van der Waals surface area contributed by atoms with E-state index in [1.165, 1.54) is 18.4 Å². The Morgan fingerprint density at radius 3 is 2.84 bits per heavy atom. The lowest BCUT2D eigenvalue weighted by Crippen LogP contribution is -2.27. The zero-order chi connectivity index (χ0) is 13.1. The number of rotatable bonds is 3. The molecule has 100 valence electrons. The normalized spacial score (nSPS) is 19.5. The van der Waals surface area contributed by atoms with Gasteiger partial charge in [-0.15, -0.1) is 0 Å². The van der Waals surface area contributed by atoms with Crippen molar-refractivity contribution >= 4 is 15.9 Å². The summed E-state index contributed by atoms with van der Waals surface area (Å²) in [6, 6.07) is 8.43. The molecule has 1 aliphatic rings. The molecule has 1 fully saturated rings. The van der Waals surface area contributed by atoms with Crippen LogP contribution in [0.2, 0.25) is 0 Å². The smallest absolute Gasteiger partial charge is 0.231 e. The second-order valence-corrected chi connectivity index (χ2v) is 5.77. The van der Waals surface area contributed by atoms with Crippen molar-refractivity contribution in [2.24, 2.45) is 0 Å². The van der Waals surface area contributed by atoms with Crippen molar-refractivity contribution in [2.45, 2.75) is 31.7 Å². The molecule has 2 aromatic rings. The molecule has 1 atom stereocenters. The van der Waals surface area contributed by atoms with Gasteiger partial charge in [0.1, 0.15) is 0 Å². The summed E-state index contributed by atoms with van der Waals surface area (Å²) in [5.41, 5.74) is 1.18. The fourth-order valence-electron chi connectivity index (χ4n) is 2.33. The molecular weight excluding hydrogens is 306 g/mol. The number of hydrogen-bond acceptors (Lipinski definition) is 4. The summed E-state index contributed by atoms with van der Waals surface area (Å²) >= 11 is 3.43. The van der Waals surface area contributed by atoms with Crippen molar-refractivity contribution in [3.63, 3.8) is 0 Å². The summed E-state index contributed by atoms with van der Waals surface area (Å²) in [4.78, 5) is 4.50. The van der Waals surface area contributed by atoms with Crippen LogP contribution in [0.3, 0.4) is 0 Å². The lowest BCUT2D eigenvalue weighted by atomic mass is 10.0. The van der Waals surface area contributed by atoms with Gasteiger partial charge in [0.15, 0.2) is 5.82 Å². The highest BCUT2D eigenvalue weighted by Gasteiger charge is 2.20. The third-order valence-electron chi connectivity index (χ3n) is 3.37. The van der Waals surface area contributed by atoms with Gasteiger partial charge in [0.2, 0.25) is 5.89 Å². The van der Waals surface area contributed by atoms with E-state index in [-0.39, 0.29) is 6.04 Å². The largest absolute Gasteiger partial charge is 0.339 e. The molecule has 5 heteroatoms. The third kappa shape index (κ3) is 3.22. The molecule has 19 heavy (non-hydrogen) atoms. The molecular formula is C14H16BrN3O. The molecule has 0 spiro atoms. The lowest BCUT2D eigenvalue weighted by Gasteiger charge is -2.19. The first kappa shape index (κ1) is 12.8. The van der Waals surface area contributed by atoms with Crippen LogP contribution in [-0.4, -0.2) is 16.7 Å². The number of nitrogens with one attached hydrogen (secondary N) is 1. The van der Waals surface area contributed by atoms with Crippen LogP contribution in [0.5, 0.6) is 0 Å². The van der Waals surface area contributed by atoms with E-state index >= 15 is 0 Å². The Bertz CT molecular complexity index is 532. The van der Waals surface area contributed by atoms with E-state index in [0.717, 1.165) is 23.3 Å². The van der Waals surface area contributed by atoms with E-state index in [9.17, 15) is 0 Å². The summed E-state index contributed by atoms with van der Waals surface area (Å²) in [7, 11) is 0. The van der Waals surface area contributed by atoms with E-state index in [1.54, 1.807) is 0 Å². The molecule has 1 unspecified atom stereocenters. The van der Waals surface area contributed by atoms with Gasteiger partial charge in [0.25, 0.3) is 0 Å². The number of piperidine rings is 1. The number of hydrogen-bond donors (Lipinski definition) is 1. The van der Waals surface area contributed by atoms with E-state index in [1.807, 2.05) is 12.1 Å². The number of halogens is 1. The Labute approximate surface area is 120 Å². The highest BCUT2D eigenvalue weighted by atomic mass is 79.9. The predicted octanol–water partition coefficient (Wildman–Crippen LogP) is 3.24. The molecule has 1 aromatic heterocycles. The van der Waals surface area contributed by atoms with Gasteiger partial charge in [0.05, 0.1) is 12.5 Å². The van der Waals surface area contributed by atoms with E-state index < -0.39 is 0 Å². The second kappa shape index (κ2) is 5.84. The second-order valence-electron chi connectivity index (χ2n) is 4.85. The Hall–Kier alpha value is -1.20. The third-order valence-corrected chi connectivity index (χ3v) is 3.90. The lowest BCUT2D eigenvalue weighted by molar-refractivity contribution is 0.351. The van der Waals surface area contributed by atoms with Gasteiger partial charge in [-0.3, -0.25) is 0 Å². The summed E-state index contributed by atoms with van der Waals surface area (Å²) in [6.45, 7) is 1.04. The van der Waals surface area contributed by atoms with Gasteiger partial charge < -0.3 is 9.84 Å². The maximum atomic E-state index is 5.34. The minimum atomic E-state index is 0.260. The van der Waals surface area contributed by atoms with Gasteiger partial charge >= 0.3 is 0 Å². The zero-order valence-electron chi connectivity index (χ0n) is 10.6.